The smallest absolute Gasteiger partial charge is 0.0648 e. The number of hydrogen-bond donors (Lipinski definition) is 1. The van der Waals surface area contributed by atoms with Crippen LogP contribution in [-0.4, -0.2) is 21.9 Å². The molecule has 18 heavy (non-hydrogen) atoms. The van der Waals surface area contributed by atoms with Crippen LogP contribution in [0, 0.1) is 0 Å². The van der Waals surface area contributed by atoms with Gasteiger partial charge in [-0.1, -0.05) is 18.2 Å². The first-order valence-corrected chi connectivity index (χ1v) is 6.40. The molecule has 0 spiro atoms. The number of para-hydroxylation sites is 1. The van der Waals surface area contributed by atoms with Crippen LogP contribution in [0.25, 0.3) is 5.69 Å². The third kappa shape index (κ3) is 3.44. The van der Waals surface area contributed by atoms with Crippen molar-refractivity contribution in [3.05, 3.63) is 48.3 Å². The van der Waals surface area contributed by atoms with Crippen molar-refractivity contribution in [1.82, 2.24) is 15.1 Å². The van der Waals surface area contributed by atoms with Crippen molar-refractivity contribution < 1.29 is 0 Å². The normalized spacial score (nSPS) is 11.7. The van der Waals surface area contributed by atoms with Crippen LogP contribution in [0.3, 0.4) is 0 Å². The molecule has 2 aromatic rings. The lowest BCUT2D eigenvalue weighted by Crippen LogP contribution is -2.37. The molecule has 3 heteroatoms. The zero-order chi connectivity index (χ0) is 13.0. The Morgan fingerprint density at radius 3 is 2.50 bits per heavy atom. The monoisotopic (exact) mass is 243 g/mol. The van der Waals surface area contributed by atoms with Crippen LogP contribution >= 0.6 is 0 Å². The minimum atomic E-state index is 0.164. The van der Waals surface area contributed by atoms with Gasteiger partial charge in [0.1, 0.15) is 0 Å². The summed E-state index contributed by atoms with van der Waals surface area (Å²) in [6.45, 7) is 7.51. The highest BCUT2D eigenvalue weighted by molar-refractivity contribution is 5.32. The van der Waals surface area contributed by atoms with Gasteiger partial charge in [0.05, 0.1) is 5.69 Å². The molecule has 0 unspecified atom stereocenters. The Hall–Kier alpha value is -1.61. The summed E-state index contributed by atoms with van der Waals surface area (Å²) in [5.74, 6) is 0. The average Bonchev–Trinajstić information content (AvgIpc) is 2.77. The molecule has 0 saturated heterocycles. The van der Waals surface area contributed by atoms with E-state index in [0.29, 0.717) is 0 Å². The quantitative estimate of drug-likeness (QED) is 0.895. The van der Waals surface area contributed by atoms with E-state index in [1.165, 1.54) is 5.69 Å². The van der Waals surface area contributed by atoms with E-state index in [2.05, 4.69) is 49.4 Å². The molecular formula is C15H21N3. The van der Waals surface area contributed by atoms with Gasteiger partial charge in [0, 0.05) is 30.4 Å². The summed E-state index contributed by atoms with van der Waals surface area (Å²) >= 11 is 0. The summed E-state index contributed by atoms with van der Waals surface area (Å²) in [5, 5.41) is 7.89. The first kappa shape index (κ1) is 12.8. The van der Waals surface area contributed by atoms with Gasteiger partial charge in [0.25, 0.3) is 0 Å². The average molecular weight is 243 g/mol. The molecule has 2 rings (SSSR count). The molecule has 0 amide bonds. The van der Waals surface area contributed by atoms with Gasteiger partial charge in [0.15, 0.2) is 0 Å². The molecular weight excluding hydrogens is 222 g/mol. The summed E-state index contributed by atoms with van der Waals surface area (Å²) in [7, 11) is 0. The van der Waals surface area contributed by atoms with Crippen LogP contribution in [0.5, 0.6) is 0 Å². The Kier molecular flexibility index (Phi) is 3.82. The molecule has 0 saturated carbocycles. The largest absolute Gasteiger partial charge is 0.312 e. The highest BCUT2D eigenvalue weighted by Crippen LogP contribution is 2.10. The topological polar surface area (TPSA) is 29.9 Å². The van der Waals surface area contributed by atoms with Crippen LogP contribution in [-0.2, 0) is 6.42 Å². The van der Waals surface area contributed by atoms with Crippen molar-refractivity contribution in [3.8, 4) is 5.69 Å². The Morgan fingerprint density at radius 2 is 1.83 bits per heavy atom. The van der Waals surface area contributed by atoms with Crippen LogP contribution in [0.1, 0.15) is 26.5 Å². The first-order chi connectivity index (χ1) is 8.56. The van der Waals surface area contributed by atoms with Gasteiger partial charge in [-0.15, -0.1) is 0 Å². The van der Waals surface area contributed by atoms with E-state index >= 15 is 0 Å². The second kappa shape index (κ2) is 5.36. The number of aromatic nitrogens is 2. The van der Waals surface area contributed by atoms with Crippen molar-refractivity contribution in [3.63, 3.8) is 0 Å². The number of hydrogen-bond acceptors (Lipinski definition) is 2. The third-order valence-electron chi connectivity index (χ3n) is 2.76. The number of nitrogens with zero attached hydrogens (tertiary/aromatic N) is 2. The molecule has 1 aromatic heterocycles. The summed E-state index contributed by atoms with van der Waals surface area (Å²) < 4.78 is 2.00. The summed E-state index contributed by atoms with van der Waals surface area (Å²) in [5.41, 5.74) is 2.52. The molecule has 0 radical (unpaired) electrons. The van der Waals surface area contributed by atoms with Gasteiger partial charge in [-0.05, 0) is 39.0 Å². The van der Waals surface area contributed by atoms with Gasteiger partial charge in [-0.3, -0.25) is 0 Å². The van der Waals surface area contributed by atoms with Crippen LogP contribution in [0.15, 0.2) is 42.6 Å². The van der Waals surface area contributed by atoms with Gasteiger partial charge in [-0.25, -0.2) is 4.68 Å². The standard InChI is InChI=1S/C15H21N3/c1-15(2,3)16-11-9-14-10-12-17-18(14)13-7-5-4-6-8-13/h4-8,10,12,16H,9,11H2,1-3H3. The highest BCUT2D eigenvalue weighted by atomic mass is 15.3. The molecule has 0 atom stereocenters. The first-order valence-electron chi connectivity index (χ1n) is 6.40. The second-order valence-corrected chi connectivity index (χ2v) is 5.50. The van der Waals surface area contributed by atoms with Crippen molar-refractivity contribution >= 4 is 0 Å². The van der Waals surface area contributed by atoms with Gasteiger partial charge >= 0.3 is 0 Å². The van der Waals surface area contributed by atoms with Gasteiger partial charge < -0.3 is 5.32 Å². The fourth-order valence-corrected chi connectivity index (χ4v) is 1.89. The molecule has 3 nitrogen and oxygen atoms in total. The minimum absolute atomic E-state index is 0.164. The molecule has 1 aromatic carbocycles. The zero-order valence-electron chi connectivity index (χ0n) is 11.4. The summed E-state index contributed by atoms with van der Waals surface area (Å²) in [4.78, 5) is 0. The van der Waals surface area contributed by atoms with Crippen LogP contribution in [0.4, 0.5) is 0 Å². The Morgan fingerprint density at radius 1 is 1.11 bits per heavy atom. The fraction of sp³-hybridized carbons (Fsp3) is 0.400. The Labute approximate surface area is 109 Å². The Bertz CT molecular complexity index is 480. The van der Waals surface area contributed by atoms with Crippen molar-refractivity contribution in [2.45, 2.75) is 32.7 Å². The van der Waals surface area contributed by atoms with Crippen LogP contribution < -0.4 is 5.32 Å². The number of benzene rings is 1. The Balaban J connectivity index is 2.05. The molecule has 1 heterocycles. The zero-order valence-corrected chi connectivity index (χ0v) is 11.4. The molecule has 0 fully saturated rings. The maximum atomic E-state index is 4.39. The van der Waals surface area contributed by atoms with Crippen LogP contribution in [0.2, 0.25) is 0 Å². The lowest BCUT2D eigenvalue weighted by molar-refractivity contribution is 0.427. The van der Waals surface area contributed by atoms with E-state index < -0.39 is 0 Å². The SMILES string of the molecule is CC(C)(C)NCCc1ccnn1-c1ccccc1. The van der Waals surface area contributed by atoms with E-state index in [1.54, 1.807) is 0 Å². The minimum Gasteiger partial charge on any atom is -0.312 e. The van der Waals surface area contributed by atoms with E-state index in [1.807, 2.05) is 29.1 Å². The molecule has 0 aliphatic rings. The fourth-order valence-electron chi connectivity index (χ4n) is 1.89. The lowest BCUT2D eigenvalue weighted by atomic mass is 10.1. The summed E-state index contributed by atoms with van der Waals surface area (Å²) in [6.07, 6.45) is 2.84. The predicted octanol–water partition coefficient (Wildman–Crippen LogP) is 2.80. The third-order valence-corrected chi connectivity index (χ3v) is 2.76. The molecule has 1 N–H and O–H groups in total. The highest BCUT2D eigenvalue weighted by Gasteiger charge is 2.09. The summed E-state index contributed by atoms with van der Waals surface area (Å²) in [6, 6.07) is 12.3. The van der Waals surface area contributed by atoms with Gasteiger partial charge in [-0.2, -0.15) is 5.10 Å². The maximum Gasteiger partial charge on any atom is 0.0648 e. The molecule has 0 aliphatic carbocycles. The van der Waals surface area contributed by atoms with E-state index in [0.717, 1.165) is 18.7 Å². The molecule has 0 aliphatic heterocycles. The number of nitrogens with one attached hydrogen (secondary N) is 1. The number of rotatable bonds is 4. The maximum absolute atomic E-state index is 4.39. The molecule has 96 valence electrons. The van der Waals surface area contributed by atoms with Crippen molar-refractivity contribution in [2.24, 2.45) is 0 Å². The molecule has 0 bridgehead atoms. The van der Waals surface area contributed by atoms with E-state index in [-0.39, 0.29) is 5.54 Å². The van der Waals surface area contributed by atoms with Crippen molar-refractivity contribution in [2.75, 3.05) is 6.54 Å². The van der Waals surface area contributed by atoms with Crippen molar-refractivity contribution in [1.29, 1.82) is 0 Å². The lowest BCUT2D eigenvalue weighted by Gasteiger charge is -2.20. The predicted molar refractivity (Wildman–Crippen MR) is 75.0 cm³/mol. The second-order valence-electron chi connectivity index (χ2n) is 5.50. The van der Waals surface area contributed by atoms with Gasteiger partial charge in [0.2, 0.25) is 0 Å². The van der Waals surface area contributed by atoms with E-state index in [9.17, 15) is 0 Å². The van der Waals surface area contributed by atoms with E-state index in [4.69, 9.17) is 0 Å².